The number of anilines is 1. The molecule has 7 nitrogen and oxygen atoms in total. The molecule has 0 radical (unpaired) electrons. The van der Waals surface area contributed by atoms with Gasteiger partial charge in [0.2, 0.25) is 5.91 Å². The summed E-state index contributed by atoms with van der Waals surface area (Å²) < 4.78 is 3.79. The first-order valence-electron chi connectivity index (χ1n) is 8.16. The van der Waals surface area contributed by atoms with E-state index >= 15 is 0 Å². The molecule has 4 aromatic rings. The topological polar surface area (TPSA) is 81.8 Å². The summed E-state index contributed by atoms with van der Waals surface area (Å²) in [5, 5.41) is 7.37. The summed E-state index contributed by atoms with van der Waals surface area (Å²) >= 11 is 3.34. The zero-order valence-corrected chi connectivity index (χ0v) is 15.6. The van der Waals surface area contributed by atoms with Crippen molar-refractivity contribution in [3.05, 3.63) is 81.9 Å². The fourth-order valence-electron chi connectivity index (χ4n) is 2.71. The molecule has 0 saturated heterocycles. The highest BCUT2D eigenvalue weighted by Crippen LogP contribution is 2.15. The predicted octanol–water partition coefficient (Wildman–Crippen LogP) is 2.98. The molecule has 0 unspecified atom stereocenters. The summed E-state index contributed by atoms with van der Waals surface area (Å²) in [5.74, 6) is -0.309. The van der Waals surface area contributed by atoms with Crippen molar-refractivity contribution in [1.82, 2.24) is 19.3 Å². The van der Waals surface area contributed by atoms with Gasteiger partial charge in [0, 0.05) is 10.2 Å². The fourth-order valence-corrected chi connectivity index (χ4v) is 2.97. The average Bonchev–Trinajstić information content (AvgIpc) is 3.11. The Labute approximate surface area is 162 Å². The standard InChI is InChI=1S/C19H14BrN5O2/c20-13-6-8-14(9-7-13)23-17(26)11-24-12-21-18-16(19(24)27)10-22-25(18)15-4-2-1-3-5-15/h1-10,12H,11H2,(H,23,26). The third-order valence-corrected chi connectivity index (χ3v) is 4.53. The number of hydrogen-bond donors (Lipinski definition) is 1. The molecule has 2 aromatic heterocycles. The molecule has 134 valence electrons. The quantitative estimate of drug-likeness (QED) is 0.546. The number of hydrogen-bond acceptors (Lipinski definition) is 4. The van der Waals surface area contributed by atoms with Crippen LogP contribution < -0.4 is 10.9 Å². The molecular weight excluding hydrogens is 410 g/mol. The Morgan fingerprint density at radius 1 is 1.07 bits per heavy atom. The maximum absolute atomic E-state index is 12.7. The van der Waals surface area contributed by atoms with E-state index in [0.29, 0.717) is 16.7 Å². The summed E-state index contributed by atoms with van der Waals surface area (Å²) in [6, 6.07) is 16.6. The maximum Gasteiger partial charge on any atom is 0.264 e. The van der Waals surface area contributed by atoms with Gasteiger partial charge in [0.15, 0.2) is 5.65 Å². The lowest BCUT2D eigenvalue weighted by molar-refractivity contribution is -0.116. The number of carbonyl (C=O) groups is 1. The van der Waals surface area contributed by atoms with Gasteiger partial charge in [0.25, 0.3) is 5.56 Å². The number of nitrogens with one attached hydrogen (secondary N) is 1. The van der Waals surface area contributed by atoms with Crippen LogP contribution in [0.2, 0.25) is 0 Å². The van der Waals surface area contributed by atoms with Crippen LogP contribution in [0.1, 0.15) is 0 Å². The van der Waals surface area contributed by atoms with E-state index in [9.17, 15) is 9.59 Å². The van der Waals surface area contributed by atoms with E-state index < -0.39 is 0 Å². The summed E-state index contributed by atoms with van der Waals surface area (Å²) in [4.78, 5) is 29.3. The lowest BCUT2D eigenvalue weighted by Gasteiger charge is -2.08. The molecule has 0 atom stereocenters. The minimum Gasteiger partial charge on any atom is -0.325 e. The molecule has 1 amide bonds. The molecule has 2 aromatic carbocycles. The van der Waals surface area contributed by atoms with Crippen molar-refractivity contribution in [3.8, 4) is 5.69 Å². The van der Waals surface area contributed by atoms with Crippen LogP contribution in [-0.4, -0.2) is 25.2 Å². The number of amides is 1. The maximum atomic E-state index is 12.7. The highest BCUT2D eigenvalue weighted by Gasteiger charge is 2.13. The van der Waals surface area contributed by atoms with Gasteiger partial charge in [-0.25, -0.2) is 9.67 Å². The van der Waals surface area contributed by atoms with Crippen LogP contribution in [0.25, 0.3) is 16.7 Å². The number of fused-ring (bicyclic) bond motifs is 1. The van der Waals surface area contributed by atoms with Crippen molar-refractivity contribution in [3.63, 3.8) is 0 Å². The number of rotatable bonds is 4. The Bertz CT molecular complexity index is 1170. The van der Waals surface area contributed by atoms with E-state index in [1.807, 2.05) is 42.5 Å². The molecule has 0 aliphatic heterocycles. The molecule has 0 bridgehead atoms. The Hall–Kier alpha value is -3.26. The first-order valence-corrected chi connectivity index (χ1v) is 8.95. The molecule has 2 heterocycles. The number of carbonyl (C=O) groups excluding carboxylic acids is 1. The molecule has 0 saturated carbocycles. The highest BCUT2D eigenvalue weighted by atomic mass is 79.9. The highest BCUT2D eigenvalue weighted by molar-refractivity contribution is 9.10. The second-order valence-electron chi connectivity index (χ2n) is 5.86. The van der Waals surface area contributed by atoms with E-state index in [0.717, 1.165) is 10.2 Å². The first kappa shape index (κ1) is 17.2. The molecule has 8 heteroatoms. The van der Waals surface area contributed by atoms with Crippen molar-refractivity contribution in [2.45, 2.75) is 6.54 Å². The van der Waals surface area contributed by atoms with Crippen LogP contribution in [0.4, 0.5) is 5.69 Å². The average molecular weight is 424 g/mol. The summed E-state index contributed by atoms with van der Waals surface area (Å²) in [7, 11) is 0. The molecule has 27 heavy (non-hydrogen) atoms. The van der Waals surface area contributed by atoms with Crippen molar-refractivity contribution >= 4 is 38.6 Å². The van der Waals surface area contributed by atoms with E-state index in [4.69, 9.17) is 0 Å². The molecule has 0 aliphatic carbocycles. The summed E-state index contributed by atoms with van der Waals surface area (Å²) in [6.45, 7) is -0.131. The number of nitrogens with zero attached hydrogens (tertiary/aromatic N) is 4. The fraction of sp³-hybridized carbons (Fsp3) is 0.0526. The van der Waals surface area contributed by atoms with Gasteiger partial charge in [-0.3, -0.25) is 14.2 Å². The van der Waals surface area contributed by atoms with Crippen LogP contribution in [0.15, 0.2) is 76.4 Å². The minimum absolute atomic E-state index is 0.131. The minimum atomic E-state index is -0.312. The molecule has 0 spiro atoms. The van der Waals surface area contributed by atoms with Crippen LogP contribution in [0.3, 0.4) is 0 Å². The van der Waals surface area contributed by atoms with Gasteiger partial charge in [-0.05, 0) is 36.4 Å². The van der Waals surface area contributed by atoms with Gasteiger partial charge < -0.3 is 5.32 Å². The smallest absolute Gasteiger partial charge is 0.264 e. The summed E-state index contributed by atoms with van der Waals surface area (Å²) in [6.07, 6.45) is 2.84. The molecule has 1 N–H and O–H groups in total. The second kappa shape index (κ2) is 7.16. The predicted molar refractivity (Wildman–Crippen MR) is 106 cm³/mol. The first-order chi connectivity index (χ1) is 13.1. The Morgan fingerprint density at radius 3 is 2.56 bits per heavy atom. The molecule has 0 aliphatic rings. The van der Waals surface area contributed by atoms with E-state index in [2.05, 4.69) is 31.3 Å². The lowest BCUT2D eigenvalue weighted by atomic mass is 10.3. The van der Waals surface area contributed by atoms with Crippen molar-refractivity contribution < 1.29 is 4.79 Å². The van der Waals surface area contributed by atoms with Crippen LogP contribution in [0.5, 0.6) is 0 Å². The van der Waals surface area contributed by atoms with Gasteiger partial charge in [0.1, 0.15) is 18.3 Å². The lowest BCUT2D eigenvalue weighted by Crippen LogP contribution is -2.27. The zero-order chi connectivity index (χ0) is 18.8. The van der Waals surface area contributed by atoms with Crippen molar-refractivity contribution in [1.29, 1.82) is 0 Å². The number of halogens is 1. The SMILES string of the molecule is O=C(Cn1cnc2c(cnn2-c2ccccc2)c1=O)Nc1ccc(Br)cc1. The summed E-state index contributed by atoms with van der Waals surface area (Å²) in [5.41, 5.74) is 1.61. The van der Waals surface area contributed by atoms with E-state index in [1.165, 1.54) is 17.1 Å². The molecule has 0 fully saturated rings. The van der Waals surface area contributed by atoms with Crippen LogP contribution in [-0.2, 0) is 11.3 Å². The van der Waals surface area contributed by atoms with Gasteiger partial charge in [-0.15, -0.1) is 0 Å². The third kappa shape index (κ3) is 3.52. The van der Waals surface area contributed by atoms with Gasteiger partial charge >= 0.3 is 0 Å². The number of para-hydroxylation sites is 1. The monoisotopic (exact) mass is 423 g/mol. The van der Waals surface area contributed by atoms with Gasteiger partial charge in [-0.1, -0.05) is 34.1 Å². The van der Waals surface area contributed by atoms with Crippen molar-refractivity contribution in [2.24, 2.45) is 0 Å². The zero-order valence-electron chi connectivity index (χ0n) is 14.0. The Morgan fingerprint density at radius 2 is 1.81 bits per heavy atom. The van der Waals surface area contributed by atoms with Crippen LogP contribution in [0, 0.1) is 0 Å². The van der Waals surface area contributed by atoms with E-state index in [1.54, 1.807) is 16.8 Å². The van der Waals surface area contributed by atoms with Crippen LogP contribution >= 0.6 is 15.9 Å². The Balaban J connectivity index is 1.60. The largest absolute Gasteiger partial charge is 0.325 e. The normalized spacial score (nSPS) is 10.9. The van der Waals surface area contributed by atoms with Gasteiger partial charge in [-0.2, -0.15) is 5.10 Å². The Kier molecular flexibility index (Phi) is 4.55. The number of benzene rings is 2. The van der Waals surface area contributed by atoms with E-state index in [-0.39, 0.29) is 18.0 Å². The third-order valence-electron chi connectivity index (χ3n) is 4.00. The number of aromatic nitrogens is 4. The molecular formula is C19H14BrN5O2. The van der Waals surface area contributed by atoms with Crippen molar-refractivity contribution in [2.75, 3.05) is 5.32 Å². The second-order valence-corrected chi connectivity index (χ2v) is 6.78. The van der Waals surface area contributed by atoms with Gasteiger partial charge in [0.05, 0.1) is 11.9 Å². The molecule has 4 rings (SSSR count).